The highest BCUT2D eigenvalue weighted by Crippen LogP contribution is 2.43. The van der Waals surface area contributed by atoms with Gasteiger partial charge in [0.1, 0.15) is 12.2 Å². The van der Waals surface area contributed by atoms with E-state index >= 15 is 0 Å². The van der Waals surface area contributed by atoms with Crippen molar-refractivity contribution in [2.45, 2.75) is 29.9 Å². The van der Waals surface area contributed by atoms with Crippen molar-refractivity contribution in [2.75, 3.05) is 0 Å². The first kappa shape index (κ1) is 21.5. The third-order valence-electron chi connectivity index (χ3n) is 5.55. The van der Waals surface area contributed by atoms with E-state index in [1.807, 2.05) is 60.7 Å². The Morgan fingerprint density at radius 2 is 1.36 bits per heavy atom. The summed E-state index contributed by atoms with van der Waals surface area (Å²) in [7, 11) is -3.76. The summed E-state index contributed by atoms with van der Waals surface area (Å²) in [6, 6.07) is 26.2. The van der Waals surface area contributed by atoms with E-state index in [2.05, 4.69) is 10.3 Å². The monoisotopic (exact) mass is 462 g/mol. The minimum atomic E-state index is -3.76. The van der Waals surface area contributed by atoms with Gasteiger partial charge in [-0.1, -0.05) is 78.0 Å². The van der Waals surface area contributed by atoms with E-state index in [0.717, 1.165) is 16.7 Å². The molecule has 1 fully saturated rings. The Bertz CT molecular complexity index is 1280. The Balaban J connectivity index is 1.40. The lowest BCUT2D eigenvalue weighted by Crippen LogP contribution is -2.19. The van der Waals surface area contributed by atoms with Crippen molar-refractivity contribution in [2.24, 2.45) is 5.14 Å². The molecule has 168 valence electrons. The molecule has 1 aliphatic heterocycles. The fourth-order valence-corrected chi connectivity index (χ4v) is 4.47. The van der Waals surface area contributed by atoms with Crippen LogP contribution in [0.5, 0.6) is 0 Å². The Labute approximate surface area is 191 Å². The van der Waals surface area contributed by atoms with Gasteiger partial charge in [0.2, 0.25) is 10.0 Å². The Morgan fingerprint density at radius 1 is 0.818 bits per heavy atom. The standard InChI is InChI=1S/C24H22N4O4S/c25-33(29,30)20-13-11-17(12-14-20)21-15-26-27-28(21)16-22-31-23(18-7-3-1-4-8-18)24(32-22)19-9-5-2-6-10-19/h1-15,22-24H,16H2,(H2,25,29,30)/t23-,24-/m0/s1. The molecule has 0 saturated carbocycles. The lowest BCUT2D eigenvalue weighted by molar-refractivity contribution is -0.0784. The number of ether oxygens (including phenoxy) is 2. The van der Waals surface area contributed by atoms with Crippen LogP contribution in [0, 0.1) is 0 Å². The summed E-state index contributed by atoms with van der Waals surface area (Å²) in [6.07, 6.45) is 0.536. The smallest absolute Gasteiger partial charge is 0.238 e. The van der Waals surface area contributed by atoms with Crippen LogP contribution in [0.15, 0.2) is 96.0 Å². The second kappa shape index (κ2) is 8.87. The van der Waals surface area contributed by atoms with E-state index in [9.17, 15) is 8.42 Å². The lowest BCUT2D eigenvalue weighted by atomic mass is 9.99. The van der Waals surface area contributed by atoms with Crippen LogP contribution in [0.25, 0.3) is 11.3 Å². The third-order valence-corrected chi connectivity index (χ3v) is 6.48. The summed E-state index contributed by atoms with van der Waals surface area (Å²) in [4.78, 5) is 0.0455. The van der Waals surface area contributed by atoms with E-state index in [0.29, 0.717) is 12.2 Å². The molecule has 1 saturated heterocycles. The molecule has 9 heteroatoms. The molecule has 2 heterocycles. The zero-order valence-electron chi connectivity index (χ0n) is 17.6. The molecular formula is C24H22N4O4S. The van der Waals surface area contributed by atoms with Gasteiger partial charge in [-0.15, -0.1) is 5.10 Å². The lowest BCUT2D eigenvalue weighted by Gasteiger charge is -2.17. The van der Waals surface area contributed by atoms with Gasteiger partial charge in [-0.2, -0.15) is 0 Å². The van der Waals surface area contributed by atoms with Gasteiger partial charge in [-0.3, -0.25) is 0 Å². The fourth-order valence-electron chi connectivity index (χ4n) is 3.95. The van der Waals surface area contributed by atoms with Crippen LogP contribution in [0.3, 0.4) is 0 Å². The van der Waals surface area contributed by atoms with Gasteiger partial charge in [0.15, 0.2) is 6.29 Å². The molecule has 1 aromatic heterocycles. The maximum Gasteiger partial charge on any atom is 0.238 e. The van der Waals surface area contributed by atoms with Crippen molar-refractivity contribution in [1.82, 2.24) is 15.0 Å². The quantitative estimate of drug-likeness (QED) is 0.470. The van der Waals surface area contributed by atoms with E-state index in [1.54, 1.807) is 23.0 Å². The van der Waals surface area contributed by atoms with Gasteiger partial charge in [0, 0.05) is 5.56 Å². The molecule has 0 spiro atoms. The second-order valence-electron chi connectivity index (χ2n) is 7.74. The highest BCUT2D eigenvalue weighted by Gasteiger charge is 2.38. The molecule has 0 bridgehead atoms. The summed E-state index contributed by atoms with van der Waals surface area (Å²) >= 11 is 0. The molecule has 2 atom stereocenters. The third kappa shape index (κ3) is 4.57. The van der Waals surface area contributed by atoms with E-state index in [4.69, 9.17) is 14.6 Å². The number of hydrogen-bond acceptors (Lipinski definition) is 6. The molecule has 5 rings (SSSR count). The van der Waals surface area contributed by atoms with Gasteiger partial charge in [-0.05, 0) is 23.3 Å². The van der Waals surface area contributed by atoms with E-state index in [1.165, 1.54) is 12.1 Å². The molecule has 33 heavy (non-hydrogen) atoms. The summed E-state index contributed by atoms with van der Waals surface area (Å²) in [5, 5.41) is 13.4. The summed E-state index contributed by atoms with van der Waals surface area (Å²) < 4.78 is 37.4. The van der Waals surface area contributed by atoms with Crippen molar-refractivity contribution in [3.8, 4) is 11.3 Å². The Hall–Kier alpha value is -3.37. The average Bonchev–Trinajstić information content (AvgIpc) is 3.47. The number of benzene rings is 3. The molecule has 0 aliphatic carbocycles. The molecule has 0 radical (unpaired) electrons. The van der Waals surface area contributed by atoms with Crippen molar-refractivity contribution in [1.29, 1.82) is 0 Å². The van der Waals surface area contributed by atoms with Gasteiger partial charge in [0.05, 0.1) is 23.3 Å². The maximum atomic E-state index is 11.5. The Morgan fingerprint density at radius 3 is 1.88 bits per heavy atom. The first-order valence-electron chi connectivity index (χ1n) is 10.4. The number of nitrogens with two attached hydrogens (primary N) is 1. The van der Waals surface area contributed by atoms with Crippen molar-refractivity contribution >= 4 is 10.0 Å². The molecule has 2 N–H and O–H groups in total. The number of rotatable bonds is 6. The summed E-state index contributed by atoms with van der Waals surface area (Å²) in [6.45, 7) is 0.318. The van der Waals surface area contributed by atoms with Gasteiger partial charge < -0.3 is 9.47 Å². The van der Waals surface area contributed by atoms with Crippen LogP contribution in [0.2, 0.25) is 0 Å². The van der Waals surface area contributed by atoms with Crippen LogP contribution < -0.4 is 5.14 Å². The number of hydrogen-bond donors (Lipinski definition) is 1. The number of aromatic nitrogens is 3. The summed E-state index contributed by atoms with van der Waals surface area (Å²) in [5.41, 5.74) is 3.53. The zero-order valence-corrected chi connectivity index (χ0v) is 18.4. The van der Waals surface area contributed by atoms with Crippen LogP contribution >= 0.6 is 0 Å². The molecule has 4 aromatic rings. The SMILES string of the molecule is NS(=O)(=O)c1ccc(-c2cnnn2CC2O[C@@H](c3ccccc3)[C@H](c3ccccc3)O2)cc1. The zero-order chi connectivity index (χ0) is 22.8. The number of sulfonamides is 1. The normalized spacial score (nSPS) is 19.1. The van der Waals surface area contributed by atoms with Crippen LogP contribution in [-0.4, -0.2) is 29.7 Å². The topological polar surface area (TPSA) is 109 Å². The predicted octanol–water partition coefficient (Wildman–Crippen LogP) is 3.45. The minimum Gasteiger partial charge on any atom is -0.340 e. The Kier molecular flexibility index (Phi) is 5.77. The predicted molar refractivity (Wildman–Crippen MR) is 121 cm³/mol. The highest BCUT2D eigenvalue weighted by atomic mass is 32.2. The van der Waals surface area contributed by atoms with Crippen LogP contribution in [0.1, 0.15) is 23.3 Å². The number of primary sulfonamides is 1. The molecule has 0 unspecified atom stereocenters. The van der Waals surface area contributed by atoms with E-state index < -0.39 is 16.3 Å². The first-order chi connectivity index (χ1) is 16.0. The average molecular weight is 463 g/mol. The molecule has 1 aliphatic rings. The summed E-state index contributed by atoms with van der Waals surface area (Å²) in [5.74, 6) is 0. The maximum absolute atomic E-state index is 11.5. The van der Waals surface area contributed by atoms with Crippen molar-refractivity contribution in [3.63, 3.8) is 0 Å². The fraction of sp³-hybridized carbons (Fsp3) is 0.167. The van der Waals surface area contributed by atoms with Crippen LogP contribution in [-0.2, 0) is 26.0 Å². The number of nitrogens with zero attached hydrogens (tertiary/aromatic N) is 3. The van der Waals surface area contributed by atoms with Crippen molar-refractivity contribution < 1.29 is 17.9 Å². The molecule has 3 aromatic carbocycles. The van der Waals surface area contributed by atoms with Gasteiger partial charge in [0.25, 0.3) is 0 Å². The highest BCUT2D eigenvalue weighted by molar-refractivity contribution is 7.89. The van der Waals surface area contributed by atoms with Crippen molar-refractivity contribution in [3.05, 3.63) is 102 Å². The largest absolute Gasteiger partial charge is 0.340 e. The first-order valence-corrected chi connectivity index (χ1v) is 12.0. The van der Waals surface area contributed by atoms with Crippen LogP contribution in [0.4, 0.5) is 0 Å². The molecule has 0 amide bonds. The molecular weight excluding hydrogens is 440 g/mol. The minimum absolute atomic E-state index is 0.0455. The van der Waals surface area contributed by atoms with Gasteiger partial charge in [-0.25, -0.2) is 18.2 Å². The van der Waals surface area contributed by atoms with Gasteiger partial charge >= 0.3 is 0 Å². The second-order valence-corrected chi connectivity index (χ2v) is 9.30. The molecule has 8 nitrogen and oxygen atoms in total. The van der Waals surface area contributed by atoms with E-state index in [-0.39, 0.29) is 17.1 Å².